The molecule has 3 unspecified atom stereocenters. The van der Waals surface area contributed by atoms with Gasteiger partial charge >= 0.3 is 0 Å². The Bertz CT molecular complexity index is 2730. The van der Waals surface area contributed by atoms with Gasteiger partial charge in [-0.1, -0.05) is 151 Å². The second kappa shape index (κ2) is 10.9. The number of benzene rings is 7. The van der Waals surface area contributed by atoms with Gasteiger partial charge in [-0.2, -0.15) is 0 Å². The van der Waals surface area contributed by atoms with Gasteiger partial charge in [0.05, 0.1) is 0 Å². The van der Waals surface area contributed by atoms with Crippen LogP contribution in [0.1, 0.15) is 30.4 Å². The fourth-order valence-corrected chi connectivity index (χ4v) is 11.4. The summed E-state index contributed by atoms with van der Waals surface area (Å²) in [5.74, 6) is 2.61. The predicted molar refractivity (Wildman–Crippen MR) is 219 cm³/mol. The fraction of sp³-hybridized carbons (Fsp3) is 0.154. The van der Waals surface area contributed by atoms with Crippen molar-refractivity contribution in [3.05, 3.63) is 174 Å². The van der Waals surface area contributed by atoms with Gasteiger partial charge in [0.1, 0.15) is 0 Å². The Labute approximate surface area is 305 Å². The summed E-state index contributed by atoms with van der Waals surface area (Å²) in [6, 6.07) is 50.4. The van der Waals surface area contributed by atoms with Crippen LogP contribution in [0, 0.1) is 23.7 Å². The van der Waals surface area contributed by atoms with E-state index in [1.165, 1.54) is 108 Å². The minimum atomic E-state index is 0.599. The molecule has 0 N–H and O–H groups in total. The van der Waals surface area contributed by atoms with Crippen molar-refractivity contribution in [1.82, 2.24) is 0 Å². The molecule has 1 saturated carbocycles. The number of hydrogen-bond donors (Lipinski definition) is 0. The zero-order chi connectivity index (χ0) is 33.9. The molecule has 0 spiro atoms. The largest absolute Gasteiger partial charge is 0.0882 e. The summed E-state index contributed by atoms with van der Waals surface area (Å²) < 4.78 is 0. The van der Waals surface area contributed by atoms with E-state index in [1.54, 1.807) is 11.1 Å². The highest BCUT2D eigenvalue weighted by Crippen LogP contribution is 2.64. The van der Waals surface area contributed by atoms with Crippen molar-refractivity contribution in [2.24, 2.45) is 23.7 Å². The first-order valence-electron chi connectivity index (χ1n) is 19.3. The second-order valence-corrected chi connectivity index (χ2v) is 15.7. The molecule has 246 valence electrons. The van der Waals surface area contributed by atoms with Crippen molar-refractivity contribution in [3.63, 3.8) is 0 Å². The van der Waals surface area contributed by atoms with Crippen LogP contribution in [0.15, 0.2) is 163 Å². The van der Waals surface area contributed by atoms with Gasteiger partial charge in [-0.3, -0.25) is 0 Å². The zero-order valence-corrected chi connectivity index (χ0v) is 29.1. The van der Waals surface area contributed by atoms with E-state index < -0.39 is 0 Å². The quantitative estimate of drug-likeness (QED) is 0.165. The van der Waals surface area contributed by atoms with Crippen LogP contribution in [0.5, 0.6) is 0 Å². The van der Waals surface area contributed by atoms with Crippen molar-refractivity contribution in [2.45, 2.75) is 25.7 Å². The molecule has 0 heteroatoms. The topological polar surface area (TPSA) is 0 Å². The molecule has 12 rings (SSSR count). The Morgan fingerprint density at radius 2 is 1.21 bits per heavy atom. The van der Waals surface area contributed by atoms with E-state index in [0.29, 0.717) is 17.8 Å². The monoisotopic (exact) mass is 662 g/mol. The minimum absolute atomic E-state index is 0.599. The van der Waals surface area contributed by atoms with Crippen LogP contribution in [-0.4, -0.2) is 0 Å². The Kier molecular flexibility index (Phi) is 6.06. The lowest BCUT2D eigenvalue weighted by Crippen LogP contribution is -2.22. The van der Waals surface area contributed by atoms with Gasteiger partial charge in [0, 0.05) is 0 Å². The number of hydrogen-bond acceptors (Lipinski definition) is 0. The molecule has 0 saturated heterocycles. The maximum absolute atomic E-state index is 2.60. The lowest BCUT2D eigenvalue weighted by molar-refractivity contribution is 0.304. The van der Waals surface area contributed by atoms with Gasteiger partial charge in [0.25, 0.3) is 0 Å². The first-order chi connectivity index (χ1) is 25.8. The van der Waals surface area contributed by atoms with E-state index in [2.05, 4.69) is 158 Å². The minimum Gasteiger partial charge on any atom is -0.0882 e. The van der Waals surface area contributed by atoms with E-state index in [9.17, 15) is 0 Å². The van der Waals surface area contributed by atoms with E-state index >= 15 is 0 Å². The lowest BCUT2D eigenvalue weighted by atomic mass is 9.67. The summed E-state index contributed by atoms with van der Waals surface area (Å²) in [5, 5.41) is 5.30. The van der Waals surface area contributed by atoms with E-state index in [-0.39, 0.29) is 0 Å². The van der Waals surface area contributed by atoms with Gasteiger partial charge in [-0.15, -0.1) is 0 Å². The van der Waals surface area contributed by atoms with Crippen molar-refractivity contribution in [2.75, 3.05) is 0 Å². The predicted octanol–water partition coefficient (Wildman–Crippen LogP) is 13.7. The van der Waals surface area contributed by atoms with Gasteiger partial charge < -0.3 is 0 Å². The Hall–Kier alpha value is -5.72. The third-order valence-electron chi connectivity index (χ3n) is 13.3. The highest BCUT2D eigenvalue weighted by molar-refractivity contribution is 6.24. The molecule has 0 nitrogen and oxygen atoms in total. The van der Waals surface area contributed by atoms with Crippen molar-refractivity contribution in [1.29, 1.82) is 0 Å². The molecule has 4 atom stereocenters. The maximum atomic E-state index is 2.60. The molecule has 0 amide bonds. The normalized spacial score (nSPS) is 21.7. The average molecular weight is 663 g/mol. The van der Waals surface area contributed by atoms with Crippen LogP contribution in [-0.2, 0) is 6.42 Å². The summed E-state index contributed by atoms with van der Waals surface area (Å²) >= 11 is 0. The van der Waals surface area contributed by atoms with E-state index in [4.69, 9.17) is 0 Å². The molecule has 7 aromatic rings. The molecular formula is C52H38. The summed E-state index contributed by atoms with van der Waals surface area (Å²) in [7, 11) is 0. The second-order valence-electron chi connectivity index (χ2n) is 15.7. The zero-order valence-electron chi connectivity index (χ0n) is 29.1. The van der Waals surface area contributed by atoms with Crippen LogP contribution >= 0.6 is 0 Å². The first kappa shape index (κ1) is 28.9. The molecule has 0 radical (unpaired) electrons. The van der Waals surface area contributed by atoms with Crippen molar-refractivity contribution < 1.29 is 0 Å². The number of allylic oxidation sites excluding steroid dienone is 6. The van der Waals surface area contributed by atoms with Crippen LogP contribution in [0.25, 0.3) is 82.8 Å². The molecule has 5 aliphatic rings. The first-order valence-corrected chi connectivity index (χ1v) is 19.3. The fourth-order valence-electron chi connectivity index (χ4n) is 11.4. The van der Waals surface area contributed by atoms with Gasteiger partial charge in [-0.25, -0.2) is 0 Å². The SMILES string of the molecule is C1=CC2C3CC=CC4=C3C(Cc3c4c(-c4ccccc4)c4c(c3-c3ccccc3)-c3cc(-c5cccc6ccccc56)cc5cccc-4c35)[C@@H]2CC1. The molecule has 1 fully saturated rings. The van der Waals surface area contributed by atoms with Gasteiger partial charge in [0.2, 0.25) is 0 Å². The number of rotatable bonds is 3. The van der Waals surface area contributed by atoms with Crippen LogP contribution in [0.3, 0.4) is 0 Å². The Morgan fingerprint density at radius 3 is 2.06 bits per heavy atom. The lowest BCUT2D eigenvalue weighted by Gasteiger charge is -2.36. The molecule has 52 heavy (non-hydrogen) atoms. The summed E-state index contributed by atoms with van der Waals surface area (Å²) in [5.41, 5.74) is 20.1. The third-order valence-corrected chi connectivity index (χ3v) is 13.3. The maximum Gasteiger partial charge on any atom is -0.000743 e. The highest BCUT2D eigenvalue weighted by atomic mass is 14.5. The molecule has 0 aromatic heterocycles. The van der Waals surface area contributed by atoms with Crippen LogP contribution in [0.2, 0.25) is 0 Å². The molecular weight excluding hydrogens is 625 g/mol. The summed E-state index contributed by atoms with van der Waals surface area (Å²) in [4.78, 5) is 0. The smallest absolute Gasteiger partial charge is 0.000743 e. The standard InChI is InChI=1S/C52H38/c1-3-15-32(16-4-1)47-45-30-43-39-23-10-9-22-38(39)40-25-13-27-42(49(40)43)50(45)48(33-17-5-2-6-18-33)51-41-26-12-20-34-28-35(29-44(46(34)41)52(47)51)37-24-11-19-31-14-7-8-21-36(31)37/h1-9,11-22,24,26-29,38-40,43H,10,23,25,30H2/t38?,39-,40?,43?/m1/s1. The van der Waals surface area contributed by atoms with E-state index in [0.717, 1.165) is 12.3 Å². The molecule has 7 aromatic carbocycles. The Balaban J connectivity index is 1.24. The molecule has 0 bridgehead atoms. The third kappa shape index (κ3) is 3.88. The van der Waals surface area contributed by atoms with Crippen molar-refractivity contribution >= 4 is 27.1 Å². The van der Waals surface area contributed by atoms with Crippen LogP contribution in [0.4, 0.5) is 0 Å². The highest BCUT2D eigenvalue weighted by Gasteiger charge is 2.50. The molecule has 0 heterocycles. The Morgan fingerprint density at radius 1 is 0.500 bits per heavy atom. The van der Waals surface area contributed by atoms with Crippen LogP contribution < -0.4 is 0 Å². The van der Waals surface area contributed by atoms with Gasteiger partial charge in [0.15, 0.2) is 0 Å². The average Bonchev–Trinajstić information content (AvgIpc) is 3.71. The van der Waals surface area contributed by atoms with E-state index in [1.807, 2.05) is 0 Å². The summed E-state index contributed by atoms with van der Waals surface area (Å²) in [6.45, 7) is 0. The number of fused-ring (bicyclic) bond motifs is 9. The summed E-state index contributed by atoms with van der Waals surface area (Å²) in [6.07, 6.45) is 14.9. The molecule has 5 aliphatic carbocycles. The van der Waals surface area contributed by atoms with Gasteiger partial charge in [-0.05, 0) is 155 Å². The van der Waals surface area contributed by atoms with Crippen molar-refractivity contribution in [3.8, 4) is 55.6 Å². The molecule has 0 aliphatic heterocycles.